The Kier molecular flexibility index (Phi) is 6.33. The van der Waals surface area contributed by atoms with Crippen molar-refractivity contribution in [3.8, 4) is 0 Å². The van der Waals surface area contributed by atoms with Gasteiger partial charge in [0.25, 0.3) is 0 Å². The fourth-order valence-electron chi connectivity index (χ4n) is 4.16. The van der Waals surface area contributed by atoms with Gasteiger partial charge in [-0.2, -0.15) is 0 Å². The number of hydrogen-bond acceptors (Lipinski definition) is 2. The summed E-state index contributed by atoms with van der Waals surface area (Å²) in [6.07, 6.45) is 3.51. The van der Waals surface area contributed by atoms with Crippen molar-refractivity contribution in [3.63, 3.8) is 0 Å². The van der Waals surface area contributed by atoms with Crippen LogP contribution in [0.3, 0.4) is 0 Å². The van der Waals surface area contributed by atoms with Crippen molar-refractivity contribution in [2.75, 3.05) is 11.9 Å². The van der Waals surface area contributed by atoms with E-state index in [1.165, 1.54) is 5.56 Å². The molecule has 2 atom stereocenters. The Labute approximate surface area is 163 Å². The summed E-state index contributed by atoms with van der Waals surface area (Å²) in [7, 11) is 0. The summed E-state index contributed by atoms with van der Waals surface area (Å²) < 4.78 is 5.91. The van der Waals surface area contributed by atoms with E-state index in [9.17, 15) is 4.79 Å². The third kappa shape index (κ3) is 5.67. The number of nitrogens with one attached hydrogen (secondary N) is 1. The van der Waals surface area contributed by atoms with E-state index in [0.29, 0.717) is 18.3 Å². The van der Waals surface area contributed by atoms with Crippen LogP contribution in [0.2, 0.25) is 0 Å². The van der Waals surface area contributed by atoms with Gasteiger partial charge < -0.3 is 10.1 Å². The predicted molar refractivity (Wildman–Crippen MR) is 111 cm³/mol. The molecule has 2 aromatic rings. The van der Waals surface area contributed by atoms with Crippen molar-refractivity contribution in [1.82, 2.24) is 0 Å². The Morgan fingerprint density at radius 1 is 1.15 bits per heavy atom. The number of para-hydroxylation sites is 1. The molecule has 1 saturated heterocycles. The molecule has 1 heterocycles. The molecule has 3 heteroatoms. The van der Waals surface area contributed by atoms with E-state index in [4.69, 9.17) is 4.74 Å². The number of aryl methyl sites for hydroxylation is 1. The molecule has 0 saturated carbocycles. The summed E-state index contributed by atoms with van der Waals surface area (Å²) >= 11 is 0. The molecule has 27 heavy (non-hydrogen) atoms. The highest BCUT2D eigenvalue weighted by Gasteiger charge is 2.34. The molecular formula is C24H31NO2. The van der Waals surface area contributed by atoms with Gasteiger partial charge in [-0.3, -0.25) is 4.79 Å². The monoisotopic (exact) mass is 365 g/mol. The van der Waals surface area contributed by atoms with Crippen LogP contribution in [-0.2, 0) is 16.0 Å². The number of benzene rings is 2. The maximum atomic E-state index is 12.8. The maximum absolute atomic E-state index is 12.8. The van der Waals surface area contributed by atoms with E-state index in [0.717, 1.165) is 37.1 Å². The minimum absolute atomic E-state index is 0.106. The van der Waals surface area contributed by atoms with E-state index < -0.39 is 0 Å². The van der Waals surface area contributed by atoms with Crippen molar-refractivity contribution in [1.29, 1.82) is 0 Å². The molecule has 1 aliphatic heterocycles. The molecule has 0 radical (unpaired) electrons. The van der Waals surface area contributed by atoms with Gasteiger partial charge in [0.1, 0.15) is 0 Å². The van der Waals surface area contributed by atoms with Gasteiger partial charge in [-0.05, 0) is 69.1 Å². The van der Waals surface area contributed by atoms with E-state index in [-0.39, 0.29) is 11.5 Å². The summed E-state index contributed by atoms with van der Waals surface area (Å²) in [5, 5.41) is 3.12. The second-order valence-corrected chi connectivity index (χ2v) is 8.38. The lowest BCUT2D eigenvalue weighted by molar-refractivity contribution is -0.119. The first-order valence-electron chi connectivity index (χ1n) is 9.96. The molecule has 0 unspecified atom stereocenters. The lowest BCUT2D eigenvalue weighted by atomic mass is 9.75. The number of carbonyl (C=O) groups is 1. The largest absolute Gasteiger partial charge is 0.376 e. The predicted octanol–water partition coefficient (Wildman–Crippen LogP) is 5.39. The van der Waals surface area contributed by atoms with Crippen LogP contribution in [0.5, 0.6) is 0 Å². The standard InChI is InChI=1S/C24H31NO2/c1-18-9-7-8-12-22(18)25-23(26)16-21(15-19-10-5-4-6-11-19)20-13-14-27-24(2,3)17-20/h4-12,20-21H,13-17H2,1-3H3,(H,25,26)/t20-,21+/m0/s1. The molecule has 3 rings (SSSR count). The van der Waals surface area contributed by atoms with E-state index in [2.05, 4.69) is 43.4 Å². The normalized spacial score (nSPS) is 20.0. The van der Waals surface area contributed by atoms with Gasteiger partial charge in [0, 0.05) is 18.7 Å². The summed E-state index contributed by atoms with van der Waals surface area (Å²) in [4.78, 5) is 12.8. The minimum Gasteiger partial charge on any atom is -0.376 e. The molecular weight excluding hydrogens is 334 g/mol. The van der Waals surface area contributed by atoms with Gasteiger partial charge in [-0.25, -0.2) is 0 Å². The van der Waals surface area contributed by atoms with Crippen LogP contribution >= 0.6 is 0 Å². The number of anilines is 1. The fraction of sp³-hybridized carbons (Fsp3) is 0.458. The van der Waals surface area contributed by atoms with Gasteiger partial charge in [-0.15, -0.1) is 0 Å². The Morgan fingerprint density at radius 2 is 1.85 bits per heavy atom. The zero-order chi connectivity index (χ0) is 19.3. The van der Waals surface area contributed by atoms with Crippen molar-refractivity contribution in [2.45, 2.75) is 52.1 Å². The van der Waals surface area contributed by atoms with E-state index >= 15 is 0 Å². The molecule has 0 bridgehead atoms. The molecule has 2 aromatic carbocycles. The zero-order valence-electron chi connectivity index (χ0n) is 16.7. The van der Waals surface area contributed by atoms with Gasteiger partial charge in [0.05, 0.1) is 5.60 Å². The van der Waals surface area contributed by atoms with Crippen molar-refractivity contribution < 1.29 is 9.53 Å². The van der Waals surface area contributed by atoms with Crippen molar-refractivity contribution >= 4 is 11.6 Å². The molecule has 1 N–H and O–H groups in total. The Balaban J connectivity index is 1.72. The van der Waals surface area contributed by atoms with Gasteiger partial charge >= 0.3 is 0 Å². The third-order valence-electron chi connectivity index (χ3n) is 5.61. The van der Waals surface area contributed by atoms with Crippen LogP contribution in [0, 0.1) is 18.8 Å². The second-order valence-electron chi connectivity index (χ2n) is 8.38. The van der Waals surface area contributed by atoms with Crippen LogP contribution in [0.25, 0.3) is 0 Å². The summed E-state index contributed by atoms with van der Waals surface area (Å²) in [5.41, 5.74) is 3.20. The van der Waals surface area contributed by atoms with Crippen LogP contribution in [0.15, 0.2) is 54.6 Å². The molecule has 3 nitrogen and oxygen atoms in total. The van der Waals surface area contributed by atoms with Gasteiger partial charge in [-0.1, -0.05) is 48.5 Å². The molecule has 0 aromatic heterocycles. The van der Waals surface area contributed by atoms with Gasteiger partial charge in [0.15, 0.2) is 0 Å². The second kappa shape index (κ2) is 8.71. The Hall–Kier alpha value is -2.13. The first-order valence-corrected chi connectivity index (χ1v) is 9.96. The minimum atomic E-state index is -0.107. The number of ether oxygens (including phenoxy) is 1. The highest BCUT2D eigenvalue weighted by molar-refractivity contribution is 5.91. The average Bonchev–Trinajstić information content (AvgIpc) is 2.63. The third-order valence-corrected chi connectivity index (χ3v) is 5.61. The maximum Gasteiger partial charge on any atom is 0.224 e. The highest BCUT2D eigenvalue weighted by atomic mass is 16.5. The Morgan fingerprint density at radius 3 is 2.56 bits per heavy atom. The quantitative estimate of drug-likeness (QED) is 0.745. The number of hydrogen-bond donors (Lipinski definition) is 1. The molecule has 1 aliphatic rings. The molecule has 1 amide bonds. The van der Waals surface area contributed by atoms with Crippen LogP contribution in [0.4, 0.5) is 5.69 Å². The SMILES string of the molecule is Cc1ccccc1NC(=O)C[C@@H](Cc1ccccc1)[C@H]1CCOC(C)(C)C1. The van der Waals surface area contributed by atoms with Crippen LogP contribution in [0.1, 0.15) is 44.2 Å². The summed E-state index contributed by atoms with van der Waals surface area (Å²) in [5.74, 6) is 0.922. The van der Waals surface area contributed by atoms with Crippen molar-refractivity contribution in [3.05, 3.63) is 65.7 Å². The van der Waals surface area contributed by atoms with Crippen molar-refractivity contribution in [2.24, 2.45) is 11.8 Å². The first kappa shape index (κ1) is 19.6. The smallest absolute Gasteiger partial charge is 0.224 e. The van der Waals surface area contributed by atoms with Gasteiger partial charge in [0.2, 0.25) is 5.91 Å². The van der Waals surface area contributed by atoms with Crippen LogP contribution < -0.4 is 5.32 Å². The summed E-state index contributed by atoms with van der Waals surface area (Å²) in [6, 6.07) is 18.5. The number of carbonyl (C=O) groups excluding carboxylic acids is 1. The zero-order valence-corrected chi connectivity index (χ0v) is 16.7. The topological polar surface area (TPSA) is 38.3 Å². The molecule has 144 valence electrons. The fourth-order valence-corrected chi connectivity index (χ4v) is 4.16. The number of amides is 1. The van der Waals surface area contributed by atoms with E-state index in [1.807, 2.05) is 37.3 Å². The Bertz CT molecular complexity index is 754. The molecule has 0 aliphatic carbocycles. The molecule has 1 fully saturated rings. The van der Waals surface area contributed by atoms with E-state index in [1.54, 1.807) is 0 Å². The average molecular weight is 366 g/mol. The lowest BCUT2D eigenvalue weighted by Gasteiger charge is -2.39. The highest BCUT2D eigenvalue weighted by Crippen LogP contribution is 2.36. The van der Waals surface area contributed by atoms with Crippen LogP contribution in [-0.4, -0.2) is 18.1 Å². The summed E-state index contributed by atoms with van der Waals surface area (Å²) in [6.45, 7) is 7.12. The molecule has 0 spiro atoms. The first-order chi connectivity index (χ1) is 12.9. The lowest BCUT2D eigenvalue weighted by Crippen LogP contribution is -2.38. The number of rotatable bonds is 6.